The van der Waals surface area contributed by atoms with Crippen molar-refractivity contribution in [2.45, 2.75) is 40.0 Å². The van der Waals surface area contributed by atoms with E-state index in [9.17, 15) is 4.79 Å². The van der Waals surface area contributed by atoms with Crippen LogP contribution in [0.4, 0.5) is 0 Å². The van der Waals surface area contributed by atoms with Gasteiger partial charge in [0.05, 0.1) is 0 Å². The van der Waals surface area contributed by atoms with E-state index in [0.717, 1.165) is 0 Å². The number of hydrogen-bond donors (Lipinski definition) is 0. The van der Waals surface area contributed by atoms with Gasteiger partial charge in [-0.25, -0.2) is 0 Å². The molecule has 0 spiro atoms. The number of ketones is 1. The fourth-order valence-electron chi connectivity index (χ4n) is 1.91. The Morgan fingerprint density at radius 2 is 2.23 bits per heavy atom. The summed E-state index contributed by atoms with van der Waals surface area (Å²) in [6, 6.07) is 0. The van der Waals surface area contributed by atoms with Crippen molar-refractivity contribution in [1.29, 1.82) is 0 Å². The summed E-state index contributed by atoms with van der Waals surface area (Å²) in [7, 11) is 0. The minimum atomic E-state index is 0.137. The van der Waals surface area contributed by atoms with E-state index >= 15 is 0 Å². The predicted molar refractivity (Wildman–Crippen MR) is 55.5 cm³/mol. The number of hydrogen-bond acceptors (Lipinski definition) is 1. The van der Waals surface area contributed by atoms with Gasteiger partial charge in [-0.05, 0) is 50.7 Å². The van der Waals surface area contributed by atoms with Crippen LogP contribution in [-0.4, -0.2) is 5.78 Å². The lowest BCUT2D eigenvalue weighted by atomic mass is 9.84. The van der Waals surface area contributed by atoms with Crippen molar-refractivity contribution in [1.82, 2.24) is 0 Å². The summed E-state index contributed by atoms with van der Waals surface area (Å²) >= 11 is 0. The van der Waals surface area contributed by atoms with E-state index in [4.69, 9.17) is 0 Å². The van der Waals surface area contributed by atoms with Crippen molar-refractivity contribution in [3.05, 3.63) is 23.3 Å². The summed E-state index contributed by atoms with van der Waals surface area (Å²) < 4.78 is 0. The zero-order chi connectivity index (χ0) is 9.84. The van der Waals surface area contributed by atoms with Crippen LogP contribution in [0.1, 0.15) is 40.0 Å². The van der Waals surface area contributed by atoms with Gasteiger partial charge in [-0.1, -0.05) is 18.6 Å². The van der Waals surface area contributed by atoms with Crippen molar-refractivity contribution in [3.63, 3.8) is 0 Å². The first-order chi connectivity index (χ1) is 6.11. The minimum Gasteiger partial charge on any atom is -0.295 e. The van der Waals surface area contributed by atoms with Crippen molar-refractivity contribution >= 4 is 5.78 Å². The fourth-order valence-corrected chi connectivity index (χ4v) is 1.91. The molecule has 1 rings (SSSR count). The fraction of sp³-hybridized carbons (Fsp3) is 0.583. The topological polar surface area (TPSA) is 17.1 Å². The number of carbonyl (C=O) groups excluding carboxylic acids is 1. The van der Waals surface area contributed by atoms with E-state index < -0.39 is 0 Å². The zero-order valence-corrected chi connectivity index (χ0v) is 8.76. The molecule has 1 nitrogen and oxygen atoms in total. The van der Waals surface area contributed by atoms with Gasteiger partial charge in [0.2, 0.25) is 0 Å². The molecule has 1 heteroatoms. The lowest BCUT2D eigenvalue weighted by Gasteiger charge is -2.21. The molecule has 0 saturated carbocycles. The predicted octanol–water partition coefficient (Wildman–Crippen LogP) is 3.27. The molecule has 0 aromatic heterocycles. The first-order valence-electron chi connectivity index (χ1n) is 4.99. The van der Waals surface area contributed by atoms with Gasteiger partial charge in [0, 0.05) is 0 Å². The Hall–Kier alpha value is -0.850. The van der Waals surface area contributed by atoms with Crippen molar-refractivity contribution < 1.29 is 4.79 Å². The molecule has 13 heavy (non-hydrogen) atoms. The zero-order valence-electron chi connectivity index (χ0n) is 8.76. The van der Waals surface area contributed by atoms with Crippen LogP contribution in [0.5, 0.6) is 0 Å². The van der Waals surface area contributed by atoms with E-state index in [-0.39, 0.29) is 5.78 Å². The van der Waals surface area contributed by atoms with Gasteiger partial charge < -0.3 is 0 Å². The number of rotatable bonds is 2. The molecule has 0 saturated heterocycles. The highest BCUT2D eigenvalue weighted by Gasteiger charge is 2.14. The second kappa shape index (κ2) is 4.40. The molecule has 72 valence electrons. The lowest BCUT2D eigenvalue weighted by molar-refractivity contribution is -0.112. The third-order valence-corrected chi connectivity index (χ3v) is 2.71. The van der Waals surface area contributed by atoms with E-state index in [1.165, 1.54) is 30.4 Å². The van der Waals surface area contributed by atoms with Gasteiger partial charge in [0.25, 0.3) is 0 Å². The smallest absolute Gasteiger partial charge is 0.152 e. The van der Waals surface area contributed by atoms with Crippen LogP contribution in [-0.2, 0) is 4.79 Å². The Labute approximate surface area is 80.5 Å². The van der Waals surface area contributed by atoms with E-state index in [2.05, 4.69) is 13.8 Å². The van der Waals surface area contributed by atoms with Crippen LogP contribution < -0.4 is 0 Å². The van der Waals surface area contributed by atoms with Crippen LogP contribution in [0.25, 0.3) is 0 Å². The maximum Gasteiger partial charge on any atom is 0.152 e. The number of carbonyl (C=O) groups is 1. The maximum atomic E-state index is 10.8. The summed E-state index contributed by atoms with van der Waals surface area (Å²) in [5.41, 5.74) is 2.83. The van der Waals surface area contributed by atoms with Crippen LogP contribution >= 0.6 is 0 Å². The Kier molecular flexibility index (Phi) is 3.47. The highest BCUT2D eigenvalue weighted by molar-refractivity contribution is 5.87. The van der Waals surface area contributed by atoms with Gasteiger partial charge >= 0.3 is 0 Å². The third-order valence-electron chi connectivity index (χ3n) is 2.71. The molecular formula is C12H18O. The first kappa shape index (κ1) is 10.2. The molecule has 0 N–H and O–H groups in total. The molecule has 0 aromatic rings. The quantitative estimate of drug-likeness (QED) is 0.593. The van der Waals surface area contributed by atoms with E-state index in [1.54, 1.807) is 13.0 Å². The van der Waals surface area contributed by atoms with Gasteiger partial charge in [0.15, 0.2) is 5.78 Å². The Morgan fingerprint density at radius 1 is 1.54 bits per heavy atom. The second-order valence-corrected chi connectivity index (χ2v) is 3.97. The maximum absolute atomic E-state index is 10.8. The first-order valence-corrected chi connectivity index (χ1v) is 4.99. The molecular weight excluding hydrogens is 160 g/mol. The molecule has 0 aliphatic heterocycles. The average molecular weight is 178 g/mol. The highest BCUT2D eigenvalue weighted by atomic mass is 16.1. The Balaban J connectivity index is 2.80. The molecule has 1 aliphatic carbocycles. The van der Waals surface area contributed by atoms with Gasteiger partial charge in [0.1, 0.15) is 0 Å². The molecule has 0 aromatic carbocycles. The Morgan fingerprint density at radius 3 is 2.77 bits per heavy atom. The molecule has 0 radical (unpaired) electrons. The molecule has 0 fully saturated rings. The van der Waals surface area contributed by atoms with E-state index in [1.807, 2.05) is 6.08 Å². The van der Waals surface area contributed by atoms with Crippen molar-refractivity contribution in [3.8, 4) is 0 Å². The van der Waals surface area contributed by atoms with Gasteiger partial charge in [-0.2, -0.15) is 0 Å². The molecule has 1 aliphatic rings. The SMILES string of the molecule is CC(=O)/C=C/C1=C(C)CCCC1C. The summed E-state index contributed by atoms with van der Waals surface area (Å²) in [5.74, 6) is 0.766. The van der Waals surface area contributed by atoms with Crippen molar-refractivity contribution in [2.75, 3.05) is 0 Å². The van der Waals surface area contributed by atoms with Crippen LogP contribution in [0, 0.1) is 5.92 Å². The van der Waals surface area contributed by atoms with Crippen LogP contribution in [0.2, 0.25) is 0 Å². The Bertz CT molecular complexity index is 258. The largest absolute Gasteiger partial charge is 0.295 e. The molecule has 0 bridgehead atoms. The standard InChI is InChI=1S/C12H18O/c1-9-5-4-6-10(2)12(9)8-7-11(3)13/h7-9H,4-6H2,1-3H3/b8-7+. The average Bonchev–Trinajstić information content (AvgIpc) is 2.03. The minimum absolute atomic E-state index is 0.137. The monoisotopic (exact) mass is 178 g/mol. The molecule has 0 amide bonds. The second-order valence-electron chi connectivity index (χ2n) is 3.97. The molecule has 1 atom stereocenters. The number of allylic oxidation sites excluding steroid dienone is 4. The third kappa shape index (κ3) is 2.83. The van der Waals surface area contributed by atoms with Crippen molar-refractivity contribution in [2.24, 2.45) is 5.92 Å². The summed E-state index contributed by atoms with van der Waals surface area (Å²) in [5, 5.41) is 0. The van der Waals surface area contributed by atoms with Gasteiger partial charge in [-0.15, -0.1) is 0 Å². The summed E-state index contributed by atoms with van der Waals surface area (Å²) in [6.07, 6.45) is 7.43. The summed E-state index contributed by atoms with van der Waals surface area (Å²) in [4.78, 5) is 10.8. The van der Waals surface area contributed by atoms with Crippen LogP contribution in [0.15, 0.2) is 23.3 Å². The highest BCUT2D eigenvalue weighted by Crippen LogP contribution is 2.30. The summed E-state index contributed by atoms with van der Waals surface area (Å²) in [6.45, 7) is 6.01. The molecule has 0 heterocycles. The normalized spacial score (nSPS) is 24.1. The van der Waals surface area contributed by atoms with Gasteiger partial charge in [-0.3, -0.25) is 4.79 Å². The molecule has 1 unspecified atom stereocenters. The van der Waals surface area contributed by atoms with E-state index in [0.29, 0.717) is 5.92 Å². The lowest BCUT2D eigenvalue weighted by Crippen LogP contribution is -2.06. The van der Waals surface area contributed by atoms with Crippen LogP contribution in [0.3, 0.4) is 0 Å².